The van der Waals surface area contributed by atoms with E-state index >= 15 is 0 Å². The van der Waals surface area contributed by atoms with Gasteiger partial charge in [0.2, 0.25) is 0 Å². The minimum absolute atomic E-state index is 0.915. The van der Waals surface area contributed by atoms with Gasteiger partial charge in [-0.05, 0) is 0 Å². The van der Waals surface area contributed by atoms with Gasteiger partial charge in [-0.2, -0.15) is 0 Å². The van der Waals surface area contributed by atoms with Crippen molar-refractivity contribution >= 4 is 4.02 Å². The van der Waals surface area contributed by atoms with Crippen LogP contribution in [0.4, 0.5) is 0 Å². The Labute approximate surface area is 153 Å². The zero-order valence-corrected chi connectivity index (χ0v) is 16.0. The van der Waals surface area contributed by atoms with E-state index in [1.807, 2.05) is 12.2 Å². The zero-order valence-electron chi connectivity index (χ0n) is 13.1. The van der Waals surface area contributed by atoms with E-state index in [4.69, 9.17) is 23.3 Å². The number of rotatable bonds is 4. The molecule has 0 saturated carbocycles. The molecule has 8 heteroatoms. The molecule has 1 heterocycles. The van der Waals surface area contributed by atoms with Gasteiger partial charge in [-0.25, -0.2) is 0 Å². The fraction of sp³-hybridized carbons (Fsp3) is 0.250. The Morgan fingerprint density at radius 3 is 1.58 bits per heavy atom. The van der Waals surface area contributed by atoms with Crippen molar-refractivity contribution in [1.29, 1.82) is 0 Å². The van der Waals surface area contributed by atoms with Gasteiger partial charge >= 0.3 is 153 Å². The van der Waals surface area contributed by atoms with Gasteiger partial charge in [0.25, 0.3) is 0 Å². The van der Waals surface area contributed by atoms with Gasteiger partial charge in [0.15, 0.2) is 0 Å². The molecule has 0 atom stereocenters. The molecular formula is C16H16N2O5W. The first-order valence-electron chi connectivity index (χ1n) is 5.65. The summed E-state index contributed by atoms with van der Waals surface area (Å²) in [4.78, 5) is 4.64. The Kier molecular flexibility index (Phi) is 46.4. The third kappa shape index (κ3) is 18.3. The van der Waals surface area contributed by atoms with Crippen LogP contribution < -0.4 is 0 Å². The van der Waals surface area contributed by atoms with E-state index in [2.05, 4.69) is 69.2 Å². The van der Waals surface area contributed by atoms with Crippen molar-refractivity contribution in [2.24, 2.45) is 0 Å². The van der Waals surface area contributed by atoms with Crippen LogP contribution in [0.2, 0.25) is 0 Å². The molecule has 0 spiro atoms. The summed E-state index contributed by atoms with van der Waals surface area (Å²) in [7, 11) is 0. The molecule has 0 bridgehead atoms. The predicted molar refractivity (Wildman–Crippen MR) is 77.1 cm³/mol. The van der Waals surface area contributed by atoms with Crippen molar-refractivity contribution in [2.75, 3.05) is 19.8 Å². The van der Waals surface area contributed by atoms with Crippen molar-refractivity contribution in [1.82, 2.24) is 9.80 Å². The minimum atomic E-state index is 0.915. The van der Waals surface area contributed by atoms with E-state index in [0.717, 1.165) is 19.8 Å². The predicted octanol–water partition coefficient (Wildman–Crippen LogP) is 1.33. The molecule has 0 fully saturated rings. The van der Waals surface area contributed by atoms with Crippen molar-refractivity contribution in [2.45, 2.75) is 6.92 Å². The summed E-state index contributed by atoms with van der Waals surface area (Å²) in [6, 6.07) is 0. The molecule has 7 nitrogen and oxygen atoms in total. The first kappa shape index (κ1) is 33.8. The van der Waals surface area contributed by atoms with E-state index in [0.29, 0.717) is 0 Å². The number of hydrogen-bond donors (Lipinski definition) is 0. The monoisotopic (exact) mass is 500 g/mol. The molecule has 0 aromatic rings. The summed E-state index contributed by atoms with van der Waals surface area (Å²) in [6.45, 7) is 35.0. The second-order valence-corrected chi connectivity index (χ2v) is 4.79. The standard InChI is InChI=1S/C11H16N2.5CO.W/c1-4-7-12-9-6-11(3)13(10-12)8-5-2;5*1-2;/h4-6H,1-2,7-8,10H2,3H3;;;;;;. The molecule has 0 unspecified atom stereocenters. The maximum atomic E-state index is 7.50. The fourth-order valence-electron chi connectivity index (χ4n) is 1.41. The summed E-state index contributed by atoms with van der Waals surface area (Å²) >= 11 is 1.51. The average Bonchev–Trinajstić information content (AvgIpc) is 2.68. The molecule has 0 aliphatic carbocycles. The van der Waals surface area contributed by atoms with Gasteiger partial charge in [-0.15, -0.1) is 0 Å². The van der Waals surface area contributed by atoms with Gasteiger partial charge in [-0.3, -0.25) is 0 Å². The molecule has 1 aliphatic heterocycles. The van der Waals surface area contributed by atoms with Crippen LogP contribution >= 0.6 is 0 Å². The van der Waals surface area contributed by atoms with Crippen molar-refractivity contribution in [3.05, 3.63) is 70.3 Å². The molecular weight excluding hydrogens is 484 g/mol. The Morgan fingerprint density at radius 2 is 1.25 bits per heavy atom. The first-order chi connectivity index (χ1) is 11.7. The number of nitrogens with zero attached hydrogens (tertiary/aromatic N) is 2. The molecule has 0 saturated heterocycles. The number of allylic oxidation sites excluding steroid dienone is 1. The molecule has 0 aromatic heterocycles. The van der Waals surface area contributed by atoms with Gasteiger partial charge in [0, 0.05) is 0 Å². The Hall–Kier alpha value is -1.76. The quantitative estimate of drug-likeness (QED) is 0.330. The molecule has 24 heavy (non-hydrogen) atoms. The van der Waals surface area contributed by atoms with Crippen LogP contribution in [0, 0.1) is 33.3 Å². The second-order valence-electron chi connectivity index (χ2n) is 3.29. The van der Waals surface area contributed by atoms with Crippen LogP contribution in [0.15, 0.2) is 37.1 Å². The molecule has 0 aromatic carbocycles. The molecule has 1 rings (SSSR count). The fourth-order valence-corrected chi connectivity index (χ4v) is 2.50. The SMILES string of the molecule is C=CCN1CN(CC=C)C(C)=C[C]1=[W].[C-]#[O+].[C-]#[O+].[C-]#[O+].[C-]#[O+].[C-]#[O+]. The van der Waals surface area contributed by atoms with Crippen LogP contribution in [-0.2, 0) is 42.6 Å². The molecule has 0 amide bonds. The summed E-state index contributed by atoms with van der Waals surface area (Å²) in [6.07, 6.45) is 6.13. The van der Waals surface area contributed by atoms with E-state index in [1.54, 1.807) is 0 Å². The maximum absolute atomic E-state index is 7.50. The Bertz CT molecular complexity index is 440. The van der Waals surface area contributed by atoms with Gasteiger partial charge in [-0.1, -0.05) is 0 Å². The van der Waals surface area contributed by atoms with Crippen molar-refractivity contribution < 1.29 is 42.6 Å². The summed E-state index contributed by atoms with van der Waals surface area (Å²) < 4.78 is 38.9. The van der Waals surface area contributed by atoms with Crippen LogP contribution in [0.3, 0.4) is 0 Å². The molecule has 0 radical (unpaired) electrons. The summed E-state index contributed by atoms with van der Waals surface area (Å²) in [5, 5.41) is 0. The first-order valence-corrected chi connectivity index (χ1v) is 7.11. The Morgan fingerprint density at radius 1 is 0.917 bits per heavy atom. The third-order valence-corrected chi connectivity index (χ3v) is 3.53. The van der Waals surface area contributed by atoms with Crippen LogP contribution in [0.1, 0.15) is 6.92 Å². The second kappa shape index (κ2) is 33.0. The van der Waals surface area contributed by atoms with Crippen LogP contribution in [-0.4, -0.2) is 33.6 Å². The van der Waals surface area contributed by atoms with Crippen LogP contribution in [0.25, 0.3) is 0 Å². The van der Waals surface area contributed by atoms with Crippen molar-refractivity contribution in [3.8, 4) is 0 Å². The third-order valence-electron chi connectivity index (χ3n) is 2.18. The normalized spacial score (nSPS) is 10.9. The molecule has 1 aliphatic rings. The zero-order chi connectivity index (χ0) is 20.6. The summed E-state index contributed by atoms with van der Waals surface area (Å²) in [5.41, 5.74) is 1.33. The Balaban J connectivity index is -0.000000103. The van der Waals surface area contributed by atoms with E-state index in [1.165, 1.54) is 29.1 Å². The number of hydrogen-bond acceptors (Lipinski definition) is 2. The average molecular weight is 500 g/mol. The van der Waals surface area contributed by atoms with Crippen LogP contribution in [0.5, 0.6) is 0 Å². The topological polar surface area (TPSA) is 106 Å². The van der Waals surface area contributed by atoms with Gasteiger partial charge in [0.05, 0.1) is 0 Å². The molecule has 126 valence electrons. The van der Waals surface area contributed by atoms with E-state index < -0.39 is 0 Å². The van der Waals surface area contributed by atoms with Crippen molar-refractivity contribution in [3.63, 3.8) is 0 Å². The van der Waals surface area contributed by atoms with E-state index in [9.17, 15) is 0 Å². The summed E-state index contributed by atoms with van der Waals surface area (Å²) in [5.74, 6) is 0. The van der Waals surface area contributed by atoms with Gasteiger partial charge in [0.1, 0.15) is 0 Å². The van der Waals surface area contributed by atoms with E-state index in [-0.39, 0.29) is 0 Å². The molecule has 0 N–H and O–H groups in total. The van der Waals surface area contributed by atoms with Gasteiger partial charge < -0.3 is 0 Å².